The summed E-state index contributed by atoms with van der Waals surface area (Å²) < 4.78 is 11.8. The van der Waals surface area contributed by atoms with Crippen LogP contribution in [0, 0.1) is 0 Å². The number of amides is 1. The smallest absolute Gasteiger partial charge is 0.254 e. The standard InChI is InChI=1S/C7H9FNO2/c8-4-7(11)9-3-1-2-6(9)5-10/h6H,1-4H2. The maximum atomic E-state index is 11.8. The zero-order valence-electron chi connectivity index (χ0n) is 6.05. The summed E-state index contributed by atoms with van der Waals surface area (Å²) in [4.78, 5) is 22.2. The Kier molecular flexibility index (Phi) is 2.57. The van der Waals surface area contributed by atoms with Crippen LogP contribution in [-0.2, 0) is 9.59 Å². The Labute approximate surface area is 64.2 Å². The summed E-state index contributed by atoms with van der Waals surface area (Å²) in [5.41, 5.74) is 0. The van der Waals surface area contributed by atoms with E-state index in [9.17, 15) is 14.0 Å². The lowest BCUT2D eigenvalue weighted by Gasteiger charge is -2.17. The van der Waals surface area contributed by atoms with Crippen LogP contribution in [0.1, 0.15) is 12.8 Å². The van der Waals surface area contributed by atoms with Gasteiger partial charge >= 0.3 is 0 Å². The van der Waals surface area contributed by atoms with Crippen molar-refractivity contribution in [2.75, 3.05) is 13.2 Å². The highest BCUT2D eigenvalue weighted by molar-refractivity contribution is 5.81. The first-order valence-electron chi connectivity index (χ1n) is 3.52. The SMILES string of the molecule is O=[C]C1CCCN1C(=O)CF. The van der Waals surface area contributed by atoms with E-state index in [0.29, 0.717) is 13.0 Å². The van der Waals surface area contributed by atoms with E-state index in [-0.39, 0.29) is 0 Å². The molecule has 0 aliphatic carbocycles. The number of hydrogen-bond donors (Lipinski definition) is 0. The minimum absolute atomic E-state index is 0.489. The predicted molar refractivity (Wildman–Crippen MR) is 36.4 cm³/mol. The van der Waals surface area contributed by atoms with Gasteiger partial charge in [-0.15, -0.1) is 0 Å². The number of nitrogens with zero attached hydrogens (tertiary/aromatic N) is 1. The largest absolute Gasteiger partial charge is 0.330 e. The van der Waals surface area contributed by atoms with Gasteiger partial charge in [-0.1, -0.05) is 0 Å². The van der Waals surface area contributed by atoms with E-state index in [4.69, 9.17) is 0 Å². The molecule has 0 aromatic rings. The second-order valence-electron chi connectivity index (χ2n) is 2.50. The summed E-state index contributed by atoms with van der Waals surface area (Å²) in [7, 11) is 0. The van der Waals surface area contributed by atoms with Crippen molar-refractivity contribution in [2.45, 2.75) is 18.9 Å². The minimum atomic E-state index is -1.02. The van der Waals surface area contributed by atoms with Crippen LogP contribution in [0.4, 0.5) is 4.39 Å². The molecule has 1 amide bonds. The summed E-state index contributed by atoms with van der Waals surface area (Å²) in [5.74, 6) is -0.601. The Hall–Kier alpha value is -0.930. The number of hydrogen-bond acceptors (Lipinski definition) is 2. The van der Waals surface area contributed by atoms with Crippen LogP contribution in [0.2, 0.25) is 0 Å². The van der Waals surface area contributed by atoms with Gasteiger partial charge in [0, 0.05) is 6.54 Å². The van der Waals surface area contributed by atoms with Crippen LogP contribution in [0.25, 0.3) is 0 Å². The van der Waals surface area contributed by atoms with Gasteiger partial charge in [-0.05, 0) is 12.8 Å². The number of halogens is 1. The third-order valence-electron chi connectivity index (χ3n) is 1.82. The van der Waals surface area contributed by atoms with Crippen molar-refractivity contribution in [3.63, 3.8) is 0 Å². The molecule has 1 heterocycles. The average Bonchev–Trinajstić information content (AvgIpc) is 2.50. The van der Waals surface area contributed by atoms with Crippen molar-refractivity contribution in [1.29, 1.82) is 0 Å². The molecule has 1 saturated heterocycles. The van der Waals surface area contributed by atoms with Crippen LogP contribution >= 0.6 is 0 Å². The van der Waals surface area contributed by atoms with Crippen LogP contribution < -0.4 is 0 Å². The van der Waals surface area contributed by atoms with E-state index in [2.05, 4.69) is 0 Å². The van der Waals surface area contributed by atoms with E-state index in [0.717, 1.165) is 6.42 Å². The number of alkyl halides is 1. The van der Waals surface area contributed by atoms with Gasteiger partial charge in [-0.25, -0.2) is 4.39 Å². The predicted octanol–water partition coefficient (Wildman–Crippen LogP) is 0.0566. The molecule has 1 aliphatic rings. The fraction of sp³-hybridized carbons (Fsp3) is 0.714. The number of carbonyl (C=O) groups excluding carboxylic acids is 2. The van der Waals surface area contributed by atoms with Gasteiger partial charge in [0.25, 0.3) is 5.91 Å². The lowest BCUT2D eigenvalue weighted by atomic mass is 10.2. The Morgan fingerprint density at radius 2 is 2.45 bits per heavy atom. The molecule has 1 atom stereocenters. The normalized spacial score (nSPS) is 23.7. The van der Waals surface area contributed by atoms with Crippen molar-refractivity contribution in [3.05, 3.63) is 0 Å². The van der Waals surface area contributed by atoms with Gasteiger partial charge < -0.3 is 4.90 Å². The van der Waals surface area contributed by atoms with Crippen molar-refractivity contribution in [1.82, 2.24) is 4.90 Å². The highest BCUT2D eigenvalue weighted by Crippen LogP contribution is 2.15. The Morgan fingerprint density at radius 3 is 3.00 bits per heavy atom. The molecule has 4 heteroatoms. The molecule has 11 heavy (non-hydrogen) atoms. The Morgan fingerprint density at radius 1 is 1.73 bits per heavy atom. The maximum absolute atomic E-state index is 11.8. The molecule has 0 bridgehead atoms. The minimum Gasteiger partial charge on any atom is -0.330 e. The first-order valence-corrected chi connectivity index (χ1v) is 3.52. The number of rotatable bonds is 2. The quantitative estimate of drug-likeness (QED) is 0.569. The topological polar surface area (TPSA) is 37.4 Å². The molecule has 0 aromatic heterocycles. The van der Waals surface area contributed by atoms with E-state index < -0.39 is 18.6 Å². The number of carbonyl (C=O) groups is 1. The van der Waals surface area contributed by atoms with Gasteiger partial charge in [0.15, 0.2) is 6.67 Å². The first-order chi connectivity index (χ1) is 5.29. The Balaban J connectivity index is 2.56. The third kappa shape index (κ3) is 1.56. The molecule has 0 N–H and O–H groups in total. The zero-order valence-corrected chi connectivity index (χ0v) is 6.05. The molecule has 61 valence electrons. The molecule has 0 spiro atoms. The maximum Gasteiger partial charge on any atom is 0.254 e. The first kappa shape index (κ1) is 8.17. The lowest BCUT2D eigenvalue weighted by molar-refractivity contribution is -0.131. The van der Waals surface area contributed by atoms with Gasteiger partial charge in [-0.3, -0.25) is 9.59 Å². The van der Waals surface area contributed by atoms with Gasteiger partial charge in [0.1, 0.15) is 0 Å². The van der Waals surface area contributed by atoms with Crippen LogP contribution in [-0.4, -0.2) is 36.4 Å². The van der Waals surface area contributed by atoms with Crippen LogP contribution in [0.5, 0.6) is 0 Å². The summed E-state index contributed by atoms with van der Waals surface area (Å²) in [5, 5.41) is 0. The van der Waals surface area contributed by atoms with E-state index >= 15 is 0 Å². The molecular formula is C7H9FNO2. The molecular weight excluding hydrogens is 149 g/mol. The highest BCUT2D eigenvalue weighted by Gasteiger charge is 2.28. The second-order valence-corrected chi connectivity index (χ2v) is 2.50. The van der Waals surface area contributed by atoms with Gasteiger partial charge in [0.2, 0.25) is 6.29 Å². The lowest BCUT2D eigenvalue weighted by Crippen LogP contribution is -2.37. The van der Waals surface area contributed by atoms with E-state index in [1.54, 1.807) is 6.29 Å². The Bertz CT molecular complexity index is 172. The molecule has 1 rings (SSSR count). The third-order valence-corrected chi connectivity index (χ3v) is 1.82. The van der Waals surface area contributed by atoms with Gasteiger partial charge in [0.05, 0.1) is 6.04 Å². The zero-order chi connectivity index (χ0) is 8.27. The van der Waals surface area contributed by atoms with Crippen molar-refractivity contribution >= 4 is 12.2 Å². The molecule has 1 unspecified atom stereocenters. The summed E-state index contributed by atoms with van der Waals surface area (Å²) >= 11 is 0. The van der Waals surface area contributed by atoms with Crippen LogP contribution in [0.3, 0.4) is 0 Å². The average molecular weight is 158 g/mol. The molecule has 3 nitrogen and oxygen atoms in total. The van der Waals surface area contributed by atoms with Crippen molar-refractivity contribution in [3.8, 4) is 0 Å². The fourth-order valence-electron chi connectivity index (χ4n) is 1.26. The van der Waals surface area contributed by atoms with Crippen LogP contribution in [0.15, 0.2) is 0 Å². The molecule has 0 saturated carbocycles. The van der Waals surface area contributed by atoms with E-state index in [1.807, 2.05) is 0 Å². The van der Waals surface area contributed by atoms with Gasteiger partial charge in [-0.2, -0.15) is 0 Å². The second kappa shape index (κ2) is 3.46. The van der Waals surface area contributed by atoms with E-state index in [1.165, 1.54) is 4.90 Å². The summed E-state index contributed by atoms with van der Waals surface area (Å²) in [6.45, 7) is -0.527. The van der Waals surface area contributed by atoms with Crippen molar-refractivity contribution < 1.29 is 14.0 Å². The molecule has 0 aromatic carbocycles. The van der Waals surface area contributed by atoms with Crippen molar-refractivity contribution in [2.24, 2.45) is 0 Å². The summed E-state index contributed by atoms with van der Waals surface area (Å²) in [6, 6.07) is -0.502. The monoisotopic (exact) mass is 158 g/mol. The molecule has 1 aliphatic heterocycles. The number of likely N-dealkylation sites (tertiary alicyclic amines) is 1. The molecule has 1 fully saturated rings. The fourth-order valence-corrected chi connectivity index (χ4v) is 1.26. The highest BCUT2D eigenvalue weighted by atomic mass is 19.1. The molecule has 1 radical (unpaired) electrons. The summed E-state index contributed by atoms with van der Waals surface area (Å²) in [6.07, 6.45) is 3.11.